The highest BCUT2D eigenvalue weighted by molar-refractivity contribution is 6.13. The molecule has 3 amide bonds. The van der Waals surface area contributed by atoms with E-state index in [2.05, 4.69) is 16.0 Å². The van der Waals surface area contributed by atoms with Crippen LogP contribution in [0, 0.1) is 17.8 Å². The Morgan fingerprint density at radius 3 is 1.65 bits per heavy atom. The summed E-state index contributed by atoms with van der Waals surface area (Å²) in [6.07, 6.45) is -2.52. The summed E-state index contributed by atoms with van der Waals surface area (Å²) in [6, 6.07) is 27.6. The molecule has 2 aliphatic rings. The molecule has 3 aromatic carbocycles. The first-order valence-corrected chi connectivity index (χ1v) is 17.5. The van der Waals surface area contributed by atoms with Gasteiger partial charge in [0.25, 0.3) is 11.8 Å². The standard InChI is InChI=1S/C40H47N3O9/c1-7-50-32(45)30-29-28(44)24-39(31(29)30,35(48)51-8-2)41-33(46)38(6,43-36(49)52-37(3,4)5)34(47)42-40(25-18-12-9-13-19-25,26-20-14-10-15-21-26)27-22-16-11-17-23-27/h9-23,28-31,44H,7-8,24H2,1-6H3,(H,41,46)(H,42,47)(H,43,49). The van der Waals surface area contributed by atoms with Gasteiger partial charge in [0.15, 0.2) is 5.54 Å². The summed E-state index contributed by atoms with van der Waals surface area (Å²) >= 11 is 0. The van der Waals surface area contributed by atoms with Crippen molar-refractivity contribution >= 4 is 29.8 Å². The second-order valence-electron chi connectivity index (χ2n) is 14.4. The van der Waals surface area contributed by atoms with E-state index in [1.165, 1.54) is 6.92 Å². The van der Waals surface area contributed by atoms with Crippen LogP contribution in [0.25, 0.3) is 0 Å². The summed E-state index contributed by atoms with van der Waals surface area (Å²) in [5.41, 5.74) is -4.79. The number of hydrogen-bond donors (Lipinski definition) is 4. The Balaban J connectivity index is 1.63. The molecule has 0 aliphatic heterocycles. The molecule has 0 bridgehead atoms. The van der Waals surface area contributed by atoms with Crippen molar-refractivity contribution in [1.82, 2.24) is 16.0 Å². The molecule has 5 rings (SSSR count). The third kappa shape index (κ3) is 7.12. The largest absolute Gasteiger partial charge is 0.466 e. The van der Waals surface area contributed by atoms with Gasteiger partial charge in [0.1, 0.15) is 16.7 Å². The molecule has 0 radical (unpaired) electrons. The van der Waals surface area contributed by atoms with Crippen molar-refractivity contribution in [1.29, 1.82) is 0 Å². The van der Waals surface area contributed by atoms with E-state index < -0.39 is 75.9 Å². The van der Waals surface area contributed by atoms with Gasteiger partial charge >= 0.3 is 18.0 Å². The van der Waals surface area contributed by atoms with Crippen molar-refractivity contribution in [2.45, 2.75) is 76.3 Å². The average molecular weight is 714 g/mol. The maximum absolute atomic E-state index is 15.0. The molecule has 3 aromatic rings. The van der Waals surface area contributed by atoms with Gasteiger partial charge in [-0.05, 0) is 58.2 Å². The zero-order chi connectivity index (χ0) is 37.9. The SMILES string of the molecule is CCOC(=O)C1C2C(O)CC(NC(=O)C(C)(NC(=O)OC(C)(C)C)C(=O)NC(c3ccccc3)(c3ccccc3)c3ccccc3)(C(=O)OCC)C12. The number of aliphatic hydroxyl groups excluding tert-OH is 1. The number of aliphatic hydroxyl groups is 1. The normalized spacial score (nSPS) is 23.2. The van der Waals surface area contributed by atoms with E-state index in [-0.39, 0.29) is 19.6 Å². The fraction of sp³-hybridized carbons (Fsp3) is 0.425. The molecule has 2 aliphatic carbocycles. The number of amides is 3. The number of ether oxygens (including phenoxy) is 3. The van der Waals surface area contributed by atoms with Gasteiger partial charge in [0.2, 0.25) is 0 Å². The summed E-state index contributed by atoms with van der Waals surface area (Å²) in [6.45, 7) is 9.35. The number of nitrogens with one attached hydrogen (secondary N) is 3. The lowest BCUT2D eigenvalue weighted by Crippen LogP contribution is -2.71. The lowest BCUT2D eigenvalue weighted by atomic mass is 9.76. The molecule has 52 heavy (non-hydrogen) atoms. The van der Waals surface area contributed by atoms with Crippen LogP contribution in [0.3, 0.4) is 0 Å². The first-order chi connectivity index (χ1) is 24.6. The summed E-state index contributed by atoms with van der Waals surface area (Å²) in [7, 11) is 0. The van der Waals surface area contributed by atoms with Gasteiger partial charge in [-0.25, -0.2) is 9.59 Å². The number of hydrogen-bond acceptors (Lipinski definition) is 9. The van der Waals surface area contributed by atoms with E-state index in [0.717, 1.165) is 0 Å². The minimum atomic E-state index is -2.44. The van der Waals surface area contributed by atoms with Crippen LogP contribution >= 0.6 is 0 Å². The molecule has 4 N–H and O–H groups in total. The van der Waals surface area contributed by atoms with Crippen molar-refractivity contribution in [3.8, 4) is 0 Å². The van der Waals surface area contributed by atoms with Crippen LogP contribution in [0.2, 0.25) is 0 Å². The van der Waals surface area contributed by atoms with Gasteiger partial charge in [-0.1, -0.05) is 91.0 Å². The molecular formula is C40H47N3O9. The lowest BCUT2D eigenvalue weighted by Gasteiger charge is -2.41. The molecule has 2 fully saturated rings. The van der Waals surface area contributed by atoms with E-state index in [1.807, 2.05) is 91.0 Å². The van der Waals surface area contributed by atoms with E-state index in [4.69, 9.17) is 14.2 Å². The number of carbonyl (C=O) groups excluding carboxylic acids is 5. The number of fused-ring (bicyclic) bond motifs is 1. The number of benzene rings is 3. The number of alkyl carbamates (subject to hydrolysis) is 1. The third-order valence-corrected chi connectivity index (χ3v) is 9.74. The van der Waals surface area contributed by atoms with E-state index in [0.29, 0.717) is 16.7 Å². The second-order valence-corrected chi connectivity index (χ2v) is 14.4. The van der Waals surface area contributed by atoms with Gasteiger partial charge in [-0.15, -0.1) is 0 Å². The van der Waals surface area contributed by atoms with Crippen LogP contribution in [-0.4, -0.2) is 70.9 Å². The van der Waals surface area contributed by atoms with Crippen molar-refractivity contribution < 1.29 is 43.3 Å². The third-order valence-electron chi connectivity index (χ3n) is 9.74. The highest BCUT2D eigenvalue weighted by Crippen LogP contribution is 2.63. The molecule has 2 saturated carbocycles. The molecule has 0 saturated heterocycles. The van der Waals surface area contributed by atoms with Gasteiger partial charge in [-0.3, -0.25) is 19.7 Å². The Hall–Kier alpha value is -5.23. The summed E-state index contributed by atoms with van der Waals surface area (Å²) in [5.74, 6) is -6.00. The van der Waals surface area contributed by atoms with Crippen LogP contribution in [0.5, 0.6) is 0 Å². The number of carbonyl (C=O) groups is 5. The number of esters is 2. The van der Waals surface area contributed by atoms with Crippen LogP contribution in [-0.2, 0) is 38.9 Å². The van der Waals surface area contributed by atoms with Crippen molar-refractivity contribution in [2.24, 2.45) is 17.8 Å². The maximum atomic E-state index is 15.0. The fourth-order valence-corrected chi connectivity index (χ4v) is 7.39. The second kappa shape index (κ2) is 14.8. The summed E-state index contributed by atoms with van der Waals surface area (Å²) in [5, 5.41) is 19.4. The van der Waals surface area contributed by atoms with Gasteiger partial charge in [0.05, 0.1) is 25.2 Å². The zero-order valence-corrected chi connectivity index (χ0v) is 30.3. The Morgan fingerprint density at radius 1 is 0.731 bits per heavy atom. The van der Waals surface area contributed by atoms with Gasteiger partial charge in [-0.2, -0.15) is 0 Å². The zero-order valence-electron chi connectivity index (χ0n) is 30.3. The van der Waals surface area contributed by atoms with Crippen LogP contribution in [0.15, 0.2) is 91.0 Å². The molecule has 276 valence electrons. The van der Waals surface area contributed by atoms with Crippen LogP contribution in [0.1, 0.15) is 64.7 Å². The predicted octanol–water partition coefficient (Wildman–Crippen LogP) is 3.99. The smallest absolute Gasteiger partial charge is 0.408 e. The van der Waals surface area contributed by atoms with Crippen LogP contribution < -0.4 is 16.0 Å². The molecule has 6 atom stereocenters. The van der Waals surface area contributed by atoms with Crippen molar-refractivity contribution in [2.75, 3.05) is 13.2 Å². The van der Waals surface area contributed by atoms with E-state index in [1.54, 1.807) is 34.6 Å². The van der Waals surface area contributed by atoms with Crippen molar-refractivity contribution in [3.05, 3.63) is 108 Å². The molecule has 12 heteroatoms. The molecule has 0 aromatic heterocycles. The quantitative estimate of drug-likeness (QED) is 0.0939. The van der Waals surface area contributed by atoms with Crippen molar-refractivity contribution in [3.63, 3.8) is 0 Å². The fourth-order valence-electron chi connectivity index (χ4n) is 7.39. The Morgan fingerprint density at radius 2 is 1.21 bits per heavy atom. The first-order valence-electron chi connectivity index (χ1n) is 17.5. The highest BCUT2D eigenvalue weighted by Gasteiger charge is 2.76. The number of rotatable bonds is 12. The molecule has 6 unspecified atom stereocenters. The minimum Gasteiger partial charge on any atom is -0.466 e. The van der Waals surface area contributed by atoms with Crippen LogP contribution in [0.4, 0.5) is 4.79 Å². The minimum absolute atomic E-state index is 0.0599. The van der Waals surface area contributed by atoms with E-state index >= 15 is 4.79 Å². The predicted molar refractivity (Wildman–Crippen MR) is 190 cm³/mol. The molecule has 0 heterocycles. The Bertz CT molecular complexity index is 1680. The topological polar surface area (TPSA) is 169 Å². The van der Waals surface area contributed by atoms with Gasteiger partial charge < -0.3 is 30.0 Å². The summed E-state index contributed by atoms with van der Waals surface area (Å²) < 4.78 is 16.1. The maximum Gasteiger partial charge on any atom is 0.408 e. The Labute approximate surface area is 303 Å². The van der Waals surface area contributed by atoms with E-state index in [9.17, 15) is 24.3 Å². The highest BCUT2D eigenvalue weighted by atomic mass is 16.6. The molecule has 0 spiro atoms. The first kappa shape index (κ1) is 38.0. The molecular weight excluding hydrogens is 666 g/mol. The summed E-state index contributed by atoms with van der Waals surface area (Å²) in [4.78, 5) is 70.0. The average Bonchev–Trinajstić information content (AvgIpc) is 3.81. The monoisotopic (exact) mass is 713 g/mol. The Kier molecular flexibility index (Phi) is 10.8. The lowest BCUT2D eigenvalue weighted by molar-refractivity contribution is -0.158. The molecule has 12 nitrogen and oxygen atoms in total. The van der Waals surface area contributed by atoms with Gasteiger partial charge in [0, 0.05) is 18.3 Å².